The first-order valence-electron chi connectivity index (χ1n) is 4.57. The molecule has 0 spiro atoms. The van der Waals surface area contributed by atoms with Crippen LogP contribution in [0.1, 0.15) is 21.7 Å². The number of rotatable bonds is 2. The third-order valence-electron chi connectivity index (χ3n) is 2.17. The van der Waals surface area contributed by atoms with Gasteiger partial charge in [-0.25, -0.2) is 9.97 Å². The average molecular weight is 263 g/mol. The van der Waals surface area contributed by atoms with Gasteiger partial charge < -0.3 is 9.67 Å². The van der Waals surface area contributed by atoms with Crippen molar-refractivity contribution in [3.05, 3.63) is 34.3 Å². The summed E-state index contributed by atoms with van der Waals surface area (Å²) in [6, 6.07) is 0. The molecule has 2 rings (SSSR count). The normalized spacial score (nSPS) is 13.9. The van der Waals surface area contributed by atoms with Crippen molar-refractivity contribution in [3.63, 3.8) is 0 Å². The van der Waals surface area contributed by atoms with Gasteiger partial charge in [0.2, 0.25) is 0 Å². The molecule has 2 aromatic heterocycles. The maximum Gasteiger partial charge on any atom is 0.443 e. The van der Waals surface area contributed by atoms with Crippen LogP contribution in [-0.2, 0) is 13.2 Å². The molecule has 0 saturated heterocycles. The summed E-state index contributed by atoms with van der Waals surface area (Å²) < 4.78 is 38.5. The van der Waals surface area contributed by atoms with E-state index >= 15 is 0 Å². The number of imidazole rings is 1. The number of aliphatic hydroxyl groups excluding tert-OH is 1. The number of halogens is 3. The summed E-state index contributed by atoms with van der Waals surface area (Å²) in [4.78, 5) is 7.18. The van der Waals surface area contributed by atoms with E-state index in [1.54, 1.807) is 7.05 Å². The van der Waals surface area contributed by atoms with E-state index in [1.165, 1.54) is 17.1 Å². The third kappa shape index (κ3) is 2.32. The first-order valence-corrected chi connectivity index (χ1v) is 5.38. The molecule has 92 valence electrons. The van der Waals surface area contributed by atoms with E-state index in [-0.39, 0.29) is 4.88 Å². The third-order valence-corrected chi connectivity index (χ3v) is 3.26. The number of alkyl halides is 3. The molecule has 8 heteroatoms. The van der Waals surface area contributed by atoms with E-state index < -0.39 is 17.3 Å². The maximum atomic E-state index is 12.3. The lowest BCUT2D eigenvalue weighted by molar-refractivity contribution is -0.137. The molecule has 0 bridgehead atoms. The highest BCUT2D eigenvalue weighted by molar-refractivity contribution is 7.11. The van der Waals surface area contributed by atoms with Gasteiger partial charge in [0.15, 0.2) is 5.01 Å². The van der Waals surface area contributed by atoms with Crippen molar-refractivity contribution in [2.45, 2.75) is 12.3 Å². The van der Waals surface area contributed by atoms with Gasteiger partial charge in [0.05, 0.1) is 23.1 Å². The Morgan fingerprint density at radius 1 is 1.41 bits per heavy atom. The van der Waals surface area contributed by atoms with Crippen LogP contribution in [0.3, 0.4) is 0 Å². The number of aromatic nitrogens is 3. The number of aryl methyl sites for hydroxylation is 1. The summed E-state index contributed by atoms with van der Waals surface area (Å²) in [5.74, 6) is 0. The molecule has 0 saturated carbocycles. The fraction of sp³-hybridized carbons (Fsp3) is 0.333. The molecule has 1 unspecified atom stereocenters. The Kier molecular flexibility index (Phi) is 2.92. The highest BCUT2D eigenvalue weighted by Crippen LogP contribution is 2.35. The lowest BCUT2D eigenvalue weighted by Crippen LogP contribution is -2.04. The van der Waals surface area contributed by atoms with Gasteiger partial charge in [0.25, 0.3) is 0 Å². The maximum absolute atomic E-state index is 12.3. The Balaban J connectivity index is 2.30. The smallest absolute Gasteiger partial charge is 0.381 e. The Morgan fingerprint density at radius 2 is 2.12 bits per heavy atom. The van der Waals surface area contributed by atoms with E-state index in [0.717, 1.165) is 6.20 Å². The van der Waals surface area contributed by atoms with Crippen molar-refractivity contribution < 1.29 is 18.3 Å². The van der Waals surface area contributed by atoms with Gasteiger partial charge in [-0.3, -0.25) is 0 Å². The Hall–Kier alpha value is -1.41. The van der Waals surface area contributed by atoms with Crippen LogP contribution in [0.4, 0.5) is 13.2 Å². The van der Waals surface area contributed by atoms with Gasteiger partial charge in [0.1, 0.15) is 6.10 Å². The standard InChI is InChI=1S/C9H8F3N3OS/c1-15-4-13-2-5(15)7(16)6-3-14-8(17-6)9(10,11)12/h2-4,7,16H,1H3. The Morgan fingerprint density at radius 3 is 2.59 bits per heavy atom. The summed E-state index contributed by atoms with van der Waals surface area (Å²) >= 11 is 0.428. The number of hydrogen-bond acceptors (Lipinski definition) is 4. The van der Waals surface area contributed by atoms with Crippen LogP contribution in [0, 0.1) is 0 Å². The summed E-state index contributed by atoms with van der Waals surface area (Å²) in [6.45, 7) is 0. The van der Waals surface area contributed by atoms with Crippen molar-refractivity contribution in [3.8, 4) is 0 Å². The van der Waals surface area contributed by atoms with E-state index in [1.807, 2.05) is 0 Å². The van der Waals surface area contributed by atoms with Crippen LogP contribution in [0.25, 0.3) is 0 Å². The van der Waals surface area contributed by atoms with E-state index in [2.05, 4.69) is 9.97 Å². The molecule has 17 heavy (non-hydrogen) atoms. The molecule has 0 aliphatic rings. The van der Waals surface area contributed by atoms with E-state index in [9.17, 15) is 18.3 Å². The molecule has 1 N–H and O–H groups in total. The highest BCUT2D eigenvalue weighted by atomic mass is 32.1. The van der Waals surface area contributed by atoms with Crippen molar-refractivity contribution in [2.24, 2.45) is 7.05 Å². The zero-order chi connectivity index (χ0) is 12.6. The molecule has 1 atom stereocenters. The minimum Gasteiger partial charge on any atom is -0.381 e. The quantitative estimate of drug-likeness (QED) is 0.901. The van der Waals surface area contributed by atoms with Gasteiger partial charge in [-0.1, -0.05) is 0 Å². The molecular weight excluding hydrogens is 255 g/mol. The zero-order valence-electron chi connectivity index (χ0n) is 8.64. The molecular formula is C9H8F3N3OS. The fourth-order valence-electron chi connectivity index (χ4n) is 1.32. The minimum atomic E-state index is -4.48. The van der Waals surface area contributed by atoms with Gasteiger partial charge in [-0.2, -0.15) is 13.2 Å². The molecule has 0 aliphatic carbocycles. The monoisotopic (exact) mass is 263 g/mol. The van der Waals surface area contributed by atoms with Crippen LogP contribution in [-0.4, -0.2) is 19.6 Å². The predicted octanol–water partition coefficient (Wildman–Crippen LogP) is 1.98. The zero-order valence-corrected chi connectivity index (χ0v) is 9.46. The lowest BCUT2D eigenvalue weighted by atomic mass is 10.2. The first-order chi connectivity index (χ1) is 7.89. The van der Waals surface area contributed by atoms with Crippen molar-refractivity contribution in [2.75, 3.05) is 0 Å². The molecule has 0 amide bonds. The summed E-state index contributed by atoms with van der Waals surface area (Å²) in [5, 5.41) is 8.92. The summed E-state index contributed by atoms with van der Waals surface area (Å²) in [6.07, 6.45) is -1.72. The SMILES string of the molecule is Cn1cncc1C(O)c1cnc(C(F)(F)F)s1. The van der Waals surface area contributed by atoms with Crippen LogP contribution in [0.15, 0.2) is 18.7 Å². The number of nitrogens with zero attached hydrogens (tertiary/aromatic N) is 3. The Labute approximate surface area is 98.4 Å². The number of thiazole rings is 1. The largest absolute Gasteiger partial charge is 0.443 e. The average Bonchev–Trinajstić information content (AvgIpc) is 2.83. The fourth-order valence-corrected chi connectivity index (χ4v) is 2.10. The van der Waals surface area contributed by atoms with Crippen LogP contribution < -0.4 is 0 Å². The van der Waals surface area contributed by atoms with Gasteiger partial charge in [-0.15, -0.1) is 11.3 Å². The topological polar surface area (TPSA) is 50.9 Å². The minimum absolute atomic E-state index is 0.140. The van der Waals surface area contributed by atoms with E-state index in [0.29, 0.717) is 17.0 Å². The van der Waals surface area contributed by atoms with Crippen LogP contribution >= 0.6 is 11.3 Å². The summed E-state index contributed by atoms with van der Waals surface area (Å²) in [7, 11) is 1.65. The van der Waals surface area contributed by atoms with E-state index in [4.69, 9.17) is 0 Å². The molecule has 4 nitrogen and oxygen atoms in total. The molecule has 0 aliphatic heterocycles. The van der Waals surface area contributed by atoms with Crippen molar-refractivity contribution >= 4 is 11.3 Å². The second-order valence-corrected chi connectivity index (χ2v) is 4.46. The van der Waals surface area contributed by atoms with Crippen LogP contribution in [0.2, 0.25) is 0 Å². The second-order valence-electron chi connectivity index (χ2n) is 3.40. The molecule has 0 fully saturated rings. The lowest BCUT2D eigenvalue weighted by Gasteiger charge is -2.08. The number of hydrogen-bond donors (Lipinski definition) is 1. The van der Waals surface area contributed by atoms with Crippen molar-refractivity contribution in [1.29, 1.82) is 0 Å². The molecule has 2 aromatic rings. The first kappa shape index (κ1) is 12.1. The van der Waals surface area contributed by atoms with Crippen molar-refractivity contribution in [1.82, 2.24) is 14.5 Å². The second kappa shape index (κ2) is 4.11. The molecule has 0 radical (unpaired) electrons. The molecule has 0 aromatic carbocycles. The number of aliphatic hydroxyl groups is 1. The van der Waals surface area contributed by atoms with Gasteiger partial charge in [-0.05, 0) is 0 Å². The summed E-state index contributed by atoms with van der Waals surface area (Å²) in [5.41, 5.74) is 0.419. The highest BCUT2D eigenvalue weighted by Gasteiger charge is 2.35. The molecule has 2 heterocycles. The van der Waals surface area contributed by atoms with Gasteiger partial charge in [0, 0.05) is 13.2 Å². The predicted molar refractivity (Wildman–Crippen MR) is 54.4 cm³/mol. The van der Waals surface area contributed by atoms with Gasteiger partial charge >= 0.3 is 6.18 Å². The Bertz CT molecular complexity index is 520. The van der Waals surface area contributed by atoms with Crippen LogP contribution in [0.5, 0.6) is 0 Å².